The van der Waals surface area contributed by atoms with Crippen LogP contribution in [0.4, 0.5) is 20.8 Å². The number of anilines is 2. The predicted octanol–water partition coefficient (Wildman–Crippen LogP) is 7.48. The van der Waals surface area contributed by atoms with Gasteiger partial charge in [-0.1, -0.05) is 19.1 Å². The van der Waals surface area contributed by atoms with Gasteiger partial charge in [-0.2, -0.15) is 0 Å². The fourth-order valence-electron chi connectivity index (χ4n) is 5.51. The number of pyridine rings is 1. The number of aromatic nitrogens is 3. The van der Waals surface area contributed by atoms with Gasteiger partial charge in [0.15, 0.2) is 0 Å². The summed E-state index contributed by atoms with van der Waals surface area (Å²) in [6.45, 7) is 10.5. The molecule has 2 fully saturated rings. The zero-order valence-electron chi connectivity index (χ0n) is 26.8. The molecule has 0 unspecified atom stereocenters. The summed E-state index contributed by atoms with van der Waals surface area (Å²) in [4.78, 5) is 40.9. The van der Waals surface area contributed by atoms with Crippen molar-refractivity contribution in [2.45, 2.75) is 71.9 Å². The van der Waals surface area contributed by atoms with Crippen molar-refractivity contribution in [2.24, 2.45) is 5.41 Å². The molecule has 2 aromatic carbocycles. The minimum absolute atomic E-state index is 0.0444. The Kier molecular flexibility index (Phi) is 8.26. The Morgan fingerprint density at radius 1 is 1.04 bits per heavy atom. The lowest BCUT2D eigenvalue weighted by Gasteiger charge is -2.34. The second-order valence-electron chi connectivity index (χ2n) is 13.4. The van der Waals surface area contributed by atoms with Crippen LogP contribution in [0, 0.1) is 18.2 Å². The largest absolute Gasteiger partial charge is 0.444 e. The minimum Gasteiger partial charge on any atom is -0.444 e. The summed E-state index contributed by atoms with van der Waals surface area (Å²) in [6, 6.07) is 12.0. The maximum absolute atomic E-state index is 15.1. The third-order valence-electron chi connectivity index (χ3n) is 8.39. The van der Waals surface area contributed by atoms with Crippen LogP contribution in [0.3, 0.4) is 0 Å². The van der Waals surface area contributed by atoms with Gasteiger partial charge in [0, 0.05) is 47.7 Å². The molecular formula is C35H39FN6O4. The number of benzene rings is 2. The average Bonchev–Trinajstić information content (AvgIpc) is 3.78. The molecule has 2 amide bonds. The van der Waals surface area contributed by atoms with Crippen molar-refractivity contribution in [2.75, 3.05) is 23.7 Å². The summed E-state index contributed by atoms with van der Waals surface area (Å²) in [5.74, 6) is 0.545. The normalized spacial score (nSPS) is 17.3. The van der Waals surface area contributed by atoms with Crippen LogP contribution in [0.2, 0.25) is 0 Å². The van der Waals surface area contributed by atoms with Gasteiger partial charge in [0.2, 0.25) is 17.7 Å². The van der Waals surface area contributed by atoms with E-state index in [1.54, 1.807) is 41.6 Å². The molecule has 1 saturated carbocycles. The Bertz CT molecular complexity index is 1800. The highest BCUT2D eigenvalue weighted by molar-refractivity contribution is 6.06. The van der Waals surface area contributed by atoms with Crippen molar-refractivity contribution in [1.29, 1.82) is 0 Å². The first-order chi connectivity index (χ1) is 21.9. The van der Waals surface area contributed by atoms with E-state index < -0.39 is 16.8 Å². The second kappa shape index (κ2) is 12.2. The molecule has 2 aromatic heterocycles. The van der Waals surface area contributed by atoms with E-state index in [1.807, 2.05) is 46.8 Å². The number of rotatable bonds is 7. The van der Waals surface area contributed by atoms with Crippen molar-refractivity contribution >= 4 is 34.4 Å². The van der Waals surface area contributed by atoms with E-state index in [0.717, 1.165) is 31.2 Å². The molecule has 10 nitrogen and oxygen atoms in total. The highest BCUT2D eigenvalue weighted by Crippen LogP contribution is 2.47. The molecular weight excluding hydrogens is 587 g/mol. The summed E-state index contributed by atoms with van der Waals surface area (Å²) in [5.41, 5.74) is 1.17. The molecule has 2 N–H and O–H groups in total. The molecule has 1 atom stereocenters. The number of fused-ring (bicyclic) bond motifs is 1. The number of carbonyl (C=O) groups excluding carboxylic acids is 2. The van der Waals surface area contributed by atoms with E-state index in [0.29, 0.717) is 52.7 Å². The van der Waals surface area contributed by atoms with Gasteiger partial charge in [-0.05, 0) is 89.3 Å². The SMILES string of the molecule is Cc1ccc2c(NC(=O)C3(C)CC3)c(F)ccc2c1Oc1ncccc1-c1ccnc(N[C@H]2CCCN(C(=O)OC(C)(C)C)C2)n1. The molecule has 0 spiro atoms. The standard InChI is InChI=1S/C35H39FN6O4/c1-21-10-11-23-24(12-13-26(36)28(23)41-31(43)35(5)15-16-35)29(21)45-30-25(9-6-17-37-30)27-14-18-38-32(40-27)39-22-8-7-19-42(20-22)33(44)46-34(2,3)4/h6,9-14,17-18,22H,7-8,15-16,19-20H2,1-5H3,(H,41,43)(H,38,39,40)/t22-/m0/s1. The molecule has 4 aromatic rings. The maximum atomic E-state index is 15.1. The van der Waals surface area contributed by atoms with Gasteiger partial charge in [0.1, 0.15) is 17.2 Å². The Balaban J connectivity index is 1.25. The van der Waals surface area contributed by atoms with Crippen LogP contribution in [0.5, 0.6) is 11.6 Å². The maximum Gasteiger partial charge on any atom is 0.410 e. The van der Waals surface area contributed by atoms with Gasteiger partial charge in [0.25, 0.3) is 0 Å². The molecule has 0 radical (unpaired) electrons. The number of aryl methyl sites for hydroxylation is 1. The van der Waals surface area contributed by atoms with Crippen LogP contribution in [-0.2, 0) is 9.53 Å². The molecule has 240 valence electrons. The van der Waals surface area contributed by atoms with Gasteiger partial charge >= 0.3 is 6.09 Å². The van der Waals surface area contributed by atoms with E-state index in [4.69, 9.17) is 14.5 Å². The average molecular weight is 627 g/mol. The number of hydrogen-bond acceptors (Lipinski definition) is 8. The van der Waals surface area contributed by atoms with E-state index in [2.05, 4.69) is 20.6 Å². The smallest absolute Gasteiger partial charge is 0.410 e. The number of hydrogen-bond donors (Lipinski definition) is 2. The van der Waals surface area contributed by atoms with Crippen molar-refractivity contribution in [3.8, 4) is 22.9 Å². The Hall–Kier alpha value is -4.80. The first kappa shape index (κ1) is 31.2. The summed E-state index contributed by atoms with van der Waals surface area (Å²) in [5, 5.41) is 7.39. The first-order valence-corrected chi connectivity index (χ1v) is 15.6. The van der Waals surface area contributed by atoms with Crippen LogP contribution in [0.1, 0.15) is 58.9 Å². The highest BCUT2D eigenvalue weighted by Gasteiger charge is 2.45. The zero-order chi connectivity index (χ0) is 32.6. The predicted molar refractivity (Wildman–Crippen MR) is 174 cm³/mol. The lowest BCUT2D eigenvalue weighted by atomic mass is 10.0. The van der Waals surface area contributed by atoms with Gasteiger partial charge in [-0.3, -0.25) is 4.79 Å². The zero-order valence-corrected chi connectivity index (χ0v) is 26.8. The summed E-state index contributed by atoms with van der Waals surface area (Å²) in [6.07, 6.45) is 6.22. The number of amides is 2. The van der Waals surface area contributed by atoms with E-state index in [-0.39, 0.29) is 23.7 Å². The molecule has 0 bridgehead atoms. The van der Waals surface area contributed by atoms with Gasteiger partial charge in [-0.15, -0.1) is 0 Å². The van der Waals surface area contributed by atoms with Crippen molar-refractivity contribution in [1.82, 2.24) is 19.9 Å². The third-order valence-corrected chi connectivity index (χ3v) is 8.39. The van der Waals surface area contributed by atoms with E-state index in [1.165, 1.54) is 6.07 Å². The quantitative estimate of drug-likeness (QED) is 0.217. The number of carbonyl (C=O) groups is 2. The number of nitrogens with one attached hydrogen (secondary N) is 2. The van der Waals surface area contributed by atoms with E-state index in [9.17, 15) is 9.59 Å². The summed E-state index contributed by atoms with van der Waals surface area (Å²) < 4.78 is 27.1. The minimum atomic E-state index is -0.564. The van der Waals surface area contributed by atoms with Gasteiger partial charge < -0.3 is 25.0 Å². The highest BCUT2D eigenvalue weighted by atomic mass is 19.1. The van der Waals surface area contributed by atoms with Crippen LogP contribution in [0.15, 0.2) is 54.9 Å². The van der Waals surface area contributed by atoms with Crippen LogP contribution in [-0.4, -0.2) is 56.6 Å². The lowest BCUT2D eigenvalue weighted by molar-refractivity contribution is -0.120. The summed E-state index contributed by atoms with van der Waals surface area (Å²) in [7, 11) is 0. The molecule has 1 aliphatic heterocycles. The molecule has 6 rings (SSSR count). The number of ether oxygens (including phenoxy) is 2. The Morgan fingerprint density at radius 3 is 2.59 bits per heavy atom. The van der Waals surface area contributed by atoms with Crippen molar-refractivity contribution in [3.63, 3.8) is 0 Å². The van der Waals surface area contributed by atoms with Crippen LogP contribution in [0.25, 0.3) is 22.0 Å². The van der Waals surface area contributed by atoms with Gasteiger partial charge in [0.05, 0.1) is 16.9 Å². The van der Waals surface area contributed by atoms with Crippen LogP contribution >= 0.6 is 0 Å². The van der Waals surface area contributed by atoms with E-state index >= 15 is 4.39 Å². The number of likely N-dealkylation sites (tertiary alicyclic amines) is 1. The third kappa shape index (κ3) is 6.73. The monoisotopic (exact) mass is 626 g/mol. The summed E-state index contributed by atoms with van der Waals surface area (Å²) >= 11 is 0. The lowest BCUT2D eigenvalue weighted by Crippen LogP contribution is -2.47. The van der Waals surface area contributed by atoms with Crippen LogP contribution < -0.4 is 15.4 Å². The fraction of sp³-hybridized carbons (Fsp3) is 0.400. The van der Waals surface area contributed by atoms with Crippen molar-refractivity contribution < 1.29 is 23.5 Å². The number of nitrogens with zero attached hydrogens (tertiary/aromatic N) is 4. The Morgan fingerprint density at radius 2 is 1.83 bits per heavy atom. The van der Waals surface area contributed by atoms with Crippen molar-refractivity contribution in [3.05, 3.63) is 66.2 Å². The molecule has 2 aliphatic rings. The molecule has 46 heavy (non-hydrogen) atoms. The molecule has 3 heterocycles. The molecule has 1 aliphatic carbocycles. The fourth-order valence-corrected chi connectivity index (χ4v) is 5.51. The topological polar surface area (TPSA) is 119 Å². The number of piperidine rings is 1. The second-order valence-corrected chi connectivity index (χ2v) is 13.4. The molecule has 11 heteroatoms. The first-order valence-electron chi connectivity index (χ1n) is 15.6. The Labute approximate surface area is 267 Å². The van der Waals surface area contributed by atoms with Gasteiger partial charge in [-0.25, -0.2) is 24.1 Å². The molecule has 1 saturated heterocycles. The number of halogens is 1.